The molecular formula is C29H38O5. The maximum atomic E-state index is 13.2. The summed E-state index contributed by atoms with van der Waals surface area (Å²) in [5, 5.41) is 9.99. The first-order valence-electron chi connectivity index (χ1n) is 12.8. The van der Waals surface area contributed by atoms with E-state index >= 15 is 0 Å². The number of cyclic esters (lactones) is 1. The van der Waals surface area contributed by atoms with Gasteiger partial charge in [-0.3, -0.25) is 4.79 Å². The van der Waals surface area contributed by atoms with E-state index in [9.17, 15) is 14.7 Å². The fourth-order valence-electron chi connectivity index (χ4n) is 5.95. The van der Waals surface area contributed by atoms with E-state index in [-0.39, 0.29) is 36.3 Å². The van der Waals surface area contributed by atoms with Crippen molar-refractivity contribution in [2.45, 2.75) is 84.3 Å². The Labute approximate surface area is 203 Å². The predicted octanol–water partition coefficient (Wildman–Crippen LogP) is 5.94. The van der Waals surface area contributed by atoms with E-state index in [4.69, 9.17) is 9.47 Å². The van der Waals surface area contributed by atoms with Crippen molar-refractivity contribution in [3.8, 4) is 0 Å². The Balaban J connectivity index is 1.54. The predicted molar refractivity (Wildman–Crippen MR) is 131 cm³/mol. The molecule has 1 aromatic carbocycles. The Morgan fingerprint density at radius 1 is 1.18 bits per heavy atom. The highest BCUT2D eigenvalue weighted by Gasteiger charge is 2.39. The van der Waals surface area contributed by atoms with E-state index in [2.05, 4.69) is 39.8 Å². The summed E-state index contributed by atoms with van der Waals surface area (Å²) < 4.78 is 11.6. The lowest BCUT2D eigenvalue weighted by molar-refractivity contribution is -0.160. The smallest absolute Gasteiger partial charge is 0.343 e. The van der Waals surface area contributed by atoms with E-state index in [1.807, 2.05) is 24.3 Å². The van der Waals surface area contributed by atoms with Gasteiger partial charge in [0.1, 0.15) is 11.9 Å². The van der Waals surface area contributed by atoms with Crippen molar-refractivity contribution in [3.05, 3.63) is 58.9 Å². The van der Waals surface area contributed by atoms with Crippen LogP contribution in [0.1, 0.15) is 88.1 Å². The van der Waals surface area contributed by atoms with Crippen LogP contribution in [0.4, 0.5) is 0 Å². The maximum Gasteiger partial charge on any atom is 0.343 e. The van der Waals surface area contributed by atoms with Crippen LogP contribution < -0.4 is 0 Å². The second-order valence-electron chi connectivity index (χ2n) is 10.7. The van der Waals surface area contributed by atoms with Crippen LogP contribution >= 0.6 is 0 Å². The molecule has 5 nitrogen and oxygen atoms in total. The summed E-state index contributed by atoms with van der Waals surface area (Å²) in [5.74, 6) is 1.64. The molecule has 3 aliphatic rings. The number of rotatable bonds is 6. The van der Waals surface area contributed by atoms with E-state index in [0.717, 1.165) is 30.6 Å². The van der Waals surface area contributed by atoms with E-state index < -0.39 is 6.10 Å². The fraction of sp³-hybridized carbons (Fsp3) is 0.586. The van der Waals surface area contributed by atoms with Crippen molar-refractivity contribution in [3.63, 3.8) is 0 Å². The highest BCUT2D eigenvalue weighted by Crippen LogP contribution is 2.47. The van der Waals surface area contributed by atoms with Gasteiger partial charge in [-0.1, -0.05) is 52.0 Å². The molecule has 0 unspecified atom stereocenters. The van der Waals surface area contributed by atoms with E-state index in [1.54, 1.807) is 0 Å². The number of carbonyl (C=O) groups excluding carboxylic acids is 2. The molecule has 0 bridgehead atoms. The molecule has 1 aromatic rings. The minimum atomic E-state index is -0.613. The third-order valence-electron chi connectivity index (χ3n) is 7.83. The topological polar surface area (TPSA) is 72.8 Å². The van der Waals surface area contributed by atoms with Gasteiger partial charge in [-0.2, -0.15) is 0 Å². The standard InChI is InChI=1S/C29H38O5/c1-17(2)23-7-5-6-8-26(23)29(32)34-27-14-20-13-18(3)9-11-25(20)24(19(27)4)12-10-22-15-21(30)16-28(31)33-22/h5-8,13-14,17-19,21-22,24-25,30H,9-12,15-16H2,1-4H3/t18-,19+,21-,22-,24-,25+/m1/s1. The second kappa shape index (κ2) is 10.5. The molecule has 34 heavy (non-hydrogen) atoms. The zero-order valence-electron chi connectivity index (χ0n) is 20.8. The Bertz CT molecular complexity index is 974. The van der Waals surface area contributed by atoms with Crippen LogP contribution in [0, 0.1) is 23.7 Å². The molecule has 1 fully saturated rings. The first-order chi connectivity index (χ1) is 16.2. The van der Waals surface area contributed by atoms with Crippen molar-refractivity contribution in [1.82, 2.24) is 0 Å². The fourth-order valence-corrected chi connectivity index (χ4v) is 5.95. The second-order valence-corrected chi connectivity index (χ2v) is 10.7. The third-order valence-corrected chi connectivity index (χ3v) is 7.83. The number of aliphatic hydroxyl groups is 1. The van der Waals surface area contributed by atoms with Gasteiger partial charge < -0.3 is 14.6 Å². The number of allylic oxidation sites excluding steroid dienone is 4. The Morgan fingerprint density at radius 2 is 1.94 bits per heavy atom. The van der Waals surface area contributed by atoms with Gasteiger partial charge in [0.25, 0.3) is 0 Å². The van der Waals surface area contributed by atoms with Crippen LogP contribution in [0.5, 0.6) is 0 Å². The molecule has 1 saturated heterocycles. The van der Waals surface area contributed by atoms with Crippen LogP contribution in [0.3, 0.4) is 0 Å². The highest BCUT2D eigenvalue weighted by atomic mass is 16.5. The molecule has 1 N–H and O–H groups in total. The monoisotopic (exact) mass is 466 g/mol. The Kier molecular flexibility index (Phi) is 7.61. The van der Waals surface area contributed by atoms with Crippen molar-refractivity contribution in [1.29, 1.82) is 0 Å². The molecule has 1 aliphatic heterocycles. The van der Waals surface area contributed by atoms with Gasteiger partial charge in [0.2, 0.25) is 0 Å². The molecule has 1 heterocycles. The molecule has 0 aromatic heterocycles. The van der Waals surface area contributed by atoms with Crippen molar-refractivity contribution in [2.75, 3.05) is 0 Å². The minimum absolute atomic E-state index is 0.0786. The number of esters is 2. The zero-order valence-corrected chi connectivity index (χ0v) is 20.8. The molecule has 2 aliphatic carbocycles. The van der Waals surface area contributed by atoms with Gasteiger partial charge in [-0.25, -0.2) is 4.79 Å². The number of carbonyl (C=O) groups is 2. The van der Waals surface area contributed by atoms with E-state index in [1.165, 1.54) is 5.57 Å². The lowest BCUT2D eigenvalue weighted by Crippen LogP contribution is -2.36. The number of hydrogen-bond acceptors (Lipinski definition) is 5. The Morgan fingerprint density at radius 3 is 2.68 bits per heavy atom. The van der Waals surface area contributed by atoms with Gasteiger partial charge in [0.15, 0.2) is 0 Å². The number of aliphatic hydroxyl groups excluding tert-OH is 1. The van der Waals surface area contributed by atoms with Gasteiger partial charge >= 0.3 is 11.9 Å². The minimum Gasteiger partial charge on any atom is -0.462 e. The molecule has 0 radical (unpaired) electrons. The van der Waals surface area contributed by atoms with Crippen molar-refractivity contribution < 1.29 is 24.2 Å². The van der Waals surface area contributed by atoms with Gasteiger partial charge in [-0.15, -0.1) is 0 Å². The molecule has 184 valence electrons. The molecule has 0 spiro atoms. The average molecular weight is 467 g/mol. The summed E-state index contributed by atoms with van der Waals surface area (Å²) in [6.45, 7) is 8.54. The lowest BCUT2D eigenvalue weighted by Gasteiger charge is -2.41. The summed E-state index contributed by atoms with van der Waals surface area (Å²) in [4.78, 5) is 25.0. The molecular weight excluding hydrogens is 428 g/mol. The number of hydrogen-bond donors (Lipinski definition) is 1. The van der Waals surface area contributed by atoms with Crippen molar-refractivity contribution >= 4 is 11.9 Å². The molecule has 4 rings (SSSR count). The largest absolute Gasteiger partial charge is 0.462 e. The normalized spacial score (nSPS) is 31.3. The van der Waals surface area contributed by atoms with Gasteiger partial charge in [0.05, 0.1) is 18.1 Å². The zero-order chi connectivity index (χ0) is 24.4. The molecule has 0 saturated carbocycles. The number of fused-ring (bicyclic) bond motifs is 1. The summed E-state index contributed by atoms with van der Waals surface area (Å²) in [7, 11) is 0. The van der Waals surface area contributed by atoms with Crippen LogP contribution in [0.15, 0.2) is 47.7 Å². The molecule has 6 atom stereocenters. The van der Waals surface area contributed by atoms with Crippen LogP contribution in [-0.4, -0.2) is 29.3 Å². The molecule has 0 amide bonds. The Hall–Kier alpha value is -2.40. The average Bonchev–Trinajstić information content (AvgIpc) is 2.78. The van der Waals surface area contributed by atoms with Gasteiger partial charge in [-0.05, 0) is 72.6 Å². The first-order valence-corrected chi connectivity index (χ1v) is 12.8. The van der Waals surface area contributed by atoms with Crippen molar-refractivity contribution in [2.24, 2.45) is 23.7 Å². The van der Waals surface area contributed by atoms with E-state index in [0.29, 0.717) is 36.2 Å². The van der Waals surface area contributed by atoms with Crippen LogP contribution in [0.25, 0.3) is 0 Å². The van der Waals surface area contributed by atoms with Gasteiger partial charge in [0, 0.05) is 12.3 Å². The maximum absolute atomic E-state index is 13.2. The van der Waals surface area contributed by atoms with Crippen LogP contribution in [0.2, 0.25) is 0 Å². The highest BCUT2D eigenvalue weighted by molar-refractivity contribution is 5.92. The summed E-state index contributed by atoms with van der Waals surface area (Å²) in [6.07, 6.45) is 8.00. The summed E-state index contributed by atoms with van der Waals surface area (Å²) in [5.41, 5.74) is 2.88. The number of ether oxygens (including phenoxy) is 2. The summed E-state index contributed by atoms with van der Waals surface area (Å²) in [6, 6.07) is 7.67. The lowest BCUT2D eigenvalue weighted by atomic mass is 9.66. The molecule has 5 heteroatoms. The quantitative estimate of drug-likeness (QED) is 0.526. The first kappa shape index (κ1) is 24.7. The van der Waals surface area contributed by atoms with Crippen LogP contribution in [-0.2, 0) is 14.3 Å². The SMILES string of the molecule is CC(C)c1ccccc1C(=O)OC1=CC2=C[C@H](C)CC[C@@H]2[C@H](CC[C@@H]2C[C@@H](O)CC(=O)O2)[C@@H]1C. The summed E-state index contributed by atoms with van der Waals surface area (Å²) >= 11 is 0. The third kappa shape index (κ3) is 5.46. The number of benzene rings is 1.